The number of nitrogens with zero attached hydrogens (tertiary/aromatic N) is 2. The fourth-order valence-corrected chi connectivity index (χ4v) is 2.12. The highest BCUT2D eigenvalue weighted by atomic mass is 16.6. The molecule has 0 N–H and O–H groups in total. The number of rotatable bonds is 7. The Morgan fingerprint density at radius 1 is 1.04 bits per heavy atom. The third-order valence-electron chi connectivity index (χ3n) is 3.59. The Bertz CT molecular complexity index is 933. The predicted octanol–water partition coefficient (Wildman–Crippen LogP) is 3.25. The van der Waals surface area contributed by atoms with E-state index < -0.39 is 28.2 Å². The van der Waals surface area contributed by atoms with Crippen molar-refractivity contribution in [3.8, 4) is 0 Å². The lowest BCUT2D eigenvalue weighted by atomic mass is 10.1. The first kappa shape index (κ1) is 19.4. The molecule has 0 aromatic heterocycles. The van der Waals surface area contributed by atoms with Crippen LogP contribution in [0.15, 0.2) is 48.5 Å². The number of nitro benzene ring substituents is 2. The molecule has 138 valence electrons. The van der Waals surface area contributed by atoms with Crippen LogP contribution in [0.5, 0.6) is 0 Å². The van der Waals surface area contributed by atoms with Crippen molar-refractivity contribution in [2.75, 3.05) is 6.61 Å². The van der Waals surface area contributed by atoms with Crippen LogP contribution in [-0.2, 0) is 9.53 Å². The second-order valence-electron chi connectivity index (χ2n) is 5.47. The molecule has 0 amide bonds. The van der Waals surface area contributed by atoms with E-state index in [4.69, 9.17) is 4.74 Å². The molecule has 27 heavy (non-hydrogen) atoms. The minimum absolute atomic E-state index is 0.0689. The maximum atomic E-state index is 12.0. The summed E-state index contributed by atoms with van der Waals surface area (Å²) < 4.78 is 4.82. The van der Waals surface area contributed by atoms with Crippen molar-refractivity contribution in [2.24, 2.45) is 0 Å². The van der Waals surface area contributed by atoms with Gasteiger partial charge in [0, 0.05) is 35.4 Å². The number of esters is 1. The maximum absolute atomic E-state index is 12.0. The number of hydrogen-bond donors (Lipinski definition) is 0. The van der Waals surface area contributed by atoms with E-state index in [0.717, 1.165) is 12.1 Å². The van der Waals surface area contributed by atoms with E-state index in [1.54, 1.807) is 6.92 Å². The second-order valence-corrected chi connectivity index (χ2v) is 5.47. The van der Waals surface area contributed by atoms with Gasteiger partial charge in [0.15, 0.2) is 6.61 Å². The van der Waals surface area contributed by atoms with Gasteiger partial charge >= 0.3 is 5.97 Å². The van der Waals surface area contributed by atoms with Gasteiger partial charge in [-0.1, -0.05) is 12.1 Å². The second kappa shape index (κ2) is 8.48. The first-order valence-electron chi connectivity index (χ1n) is 7.65. The van der Waals surface area contributed by atoms with E-state index in [-0.39, 0.29) is 16.9 Å². The molecule has 0 bridgehead atoms. The standard InChI is InChI=1S/C18H14N2O7/c1-12-2-6-14(10-16(12)20(25)26)17(21)11-27-18(22)9-5-13-3-7-15(8-4-13)19(23)24/h2-10H,11H2,1H3/b9-5+. The van der Waals surface area contributed by atoms with Crippen LogP contribution >= 0.6 is 0 Å². The lowest BCUT2D eigenvalue weighted by molar-refractivity contribution is -0.385. The molecule has 0 atom stereocenters. The molecule has 9 heteroatoms. The van der Waals surface area contributed by atoms with Gasteiger partial charge < -0.3 is 4.74 Å². The molecule has 0 saturated heterocycles. The van der Waals surface area contributed by atoms with Crippen molar-refractivity contribution in [2.45, 2.75) is 6.92 Å². The van der Waals surface area contributed by atoms with Gasteiger partial charge in [-0.3, -0.25) is 25.0 Å². The molecule has 0 aliphatic heterocycles. The Kier molecular flexibility index (Phi) is 6.10. The molecule has 0 aliphatic carbocycles. The summed E-state index contributed by atoms with van der Waals surface area (Å²) in [5, 5.41) is 21.5. The summed E-state index contributed by atoms with van der Waals surface area (Å²) in [6.45, 7) is 0.985. The average Bonchev–Trinajstić information content (AvgIpc) is 2.64. The number of aryl methyl sites for hydroxylation is 1. The highest BCUT2D eigenvalue weighted by Crippen LogP contribution is 2.19. The van der Waals surface area contributed by atoms with Crippen molar-refractivity contribution in [1.29, 1.82) is 0 Å². The Labute approximate surface area is 153 Å². The number of hydrogen-bond acceptors (Lipinski definition) is 7. The zero-order chi connectivity index (χ0) is 20.0. The van der Waals surface area contributed by atoms with E-state index >= 15 is 0 Å². The highest BCUT2D eigenvalue weighted by molar-refractivity contribution is 5.99. The fourth-order valence-electron chi connectivity index (χ4n) is 2.12. The zero-order valence-electron chi connectivity index (χ0n) is 14.2. The number of Topliss-reactive ketones (excluding diaryl/α,β-unsaturated/α-hetero) is 1. The molecule has 0 saturated carbocycles. The molecule has 0 heterocycles. The van der Waals surface area contributed by atoms with Crippen LogP contribution in [0.3, 0.4) is 0 Å². The third-order valence-corrected chi connectivity index (χ3v) is 3.59. The molecule has 9 nitrogen and oxygen atoms in total. The third kappa shape index (κ3) is 5.30. The summed E-state index contributed by atoms with van der Waals surface area (Å²) in [6, 6.07) is 9.50. The van der Waals surface area contributed by atoms with E-state index in [0.29, 0.717) is 11.1 Å². The average molecular weight is 370 g/mol. The topological polar surface area (TPSA) is 130 Å². The van der Waals surface area contributed by atoms with Crippen molar-refractivity contribution in [3.63, 3.8) is 0 Å². The van der Waals surface area contributed by atoms with E-state index in [2.05, 4.69) is 0 Å². The van der Waals surface area contributed by atoms with Crippen molar-refractivity contribution < 1.29 is 24.2 Å². The van der Waals surface area contributed by atoms with Crippen LogP contribution in [0.1, 0.15) is 21.5 Å². The normalized spacial score (nSPS) is 10.6. The number of carbonyl (C=O) groups is 2. The van der Waals surface area contributed by atoms with Gasteiger partial charge in [0.05, 0.1) is 9.85 Å². The largest absolute Gasteiger partial charge is 0.454 e. The lowest BCUT2D eigenvalue weighted by Crippen LogP contribution is -2.13. The van der Waals surface area contributed by atoms with Crippen molar-refractivity contribution >= 4 is 29.2 Å². The van der Waals surface area contributed by atoms with Gasteiger partial charge in [-0.05, 0) is 30.7 Å². The summed E-state index contributed by atoms with van der Waals surface area (Å²) in [5.74, 6) is -1.36. The number of ketones is 1. The predicted molar refractivity (Wildman–Crippen MR) is 95.3 cm³/mol. The molecule has 0 fully saturated rings. The molecule has 0 unspecified atom stereocenters. The molecular formula is C18H14N2O7. The molecule has 0 spiro atoms. The Hall–Kier alpha value is -3.88. The van der Waals surface area contributed by atoms with E-state index in [1.165, 1.54) is 42.5 Å². The Morgan fingerprint density at radius 3 is 2.30 bits per heavy atom. The van der Waals surface area contributed by atoms with E-state index in [1.807, 2.05) is 0 Å². The summed E-state index contributed by atoms with van der Waals surface area (Å²) in [5.41, 5.74) is 0.759. The molecule has 0 aliphatic rings. The molecule has 2 rings (SSSR count). The van der Waals surface area contributed by atoms with Crippen LogP contribution in [0, 0.1) is 27.2 Å². The monoisotopic (exact) mass is 370 g/mol. The number of benzene rings is 2. The summed E-state index contributed by atoms with van der Waals surface area (Å²) in [6.07, 6.45) is 2.46. The molecular weight excluding hydrogens is 356 g/mol. The molecule has 2 aromatic carbocycles. The Balaban J connectivity index is 1.95. The number of ether oxygens (including phenoxy) is 1. The first-order chi connectivity index (χ1) is 12.8. The van der Waals surface area contributed by atoms with Gasteiger partial charge in [0.1, 0.15) is 0 Å². The summed E-state index contributed by atoms with van der Waals surface area (Å²) in [7, 11) is 0. The number of nitro groups is 2. The lowest BCUT2D eigenvalue weighted by Gasteiger charge is -2.03. The van der Waals surface area contributed by atoms with Gasteiger partial charge in [-0.25, -0.2) is 4.79 Å². The number of carbonyl (C=O) groups excluding carboxylic acids is 2. The Morgan fingerprint density at radius 2 is 1.70 bits per heavy atom. The van der Waals surface area contributed by atoms with Gasteiger partial charge in [0.2, 0.25) is 5.78 Å². The zero-order valence-corrected chi connectivity index (χ0v) is 14.2. The minimum Gasteiger partial charge on any atom is -0.454 e. The molecule has 0 radical (unpaired) electrons. The van der Waals surface area contributed by atoms with Crippen molar-refractivity contribution in [1.82, 2.24) is 0 Å². The first-order valence-corrected chi connectivity index (χ1v) is 7.65. The highest BCUT2D eigenvalue weighted by Gasteiger charge is 2.15. The smallest absolute Gasteiger partial charge is 0.331 e. The van der Waals surface area contributed by atoms with Crippen LogP contribution in [0.2, 0.25) is 0 Å². The van der Waals surface area contributed by atoms with Crippen molar-refractivity contribution in [3.05, 3.63) is 85.5 Å². The van der Waals surface area contributed by atoms with Crippen LogP contribution in [0.4, 0.5) is 11.4 Å². The molecule has 2 aromatic rings. The number of non-ortho nitro benzene ring substituents is 1. The van der Waals surface area contributed by atoms with Crippen LogP contribution in [-0.4, -0.2) is 28.2 Å². The van der Waals surface area contributed by atoms with Gasteiger partial charge in [0.25, 0.3) is 11.4 Å². The van der Waals surface area contributed by atoms with Gasteiger partial charge in [-0.2, -0.15) is 0 Å². The minimum atomic E-state index is -0.789. The fraction of sp³-hybridized carbons (Fsp3) is 0.111. The summed E-state index contributed by atoms with van der Waals surface area (Å²) >= 11 is 0. The summed E-state index contributed by atoms with van der Waals surface area (Å²) in [4.78, 5) is 44.0. The van der Waals surface area contributed by atoms with E-state index in [9.17, 15) is 29.8 Å². The SMILES string of the molecule is Cc1ccc(C(=O)COC(=O)/C=C/c2ccc([N+](=O)[O-])cc2)cc1[N+](=O)[O-]. The van der Waals surface area contributed by atoms with Gasteiger partial charge in [-0.15, -0.1) is 0 Å². The van der Waals surface area contributed by atoms with Crippen LogP contribution < -0.4 is 0 Å². The maximum Gasteiger partial charge on any atom is 0.331 e. The quantitative estimate of drug-likeness (QED) is 0.240. The van der Waals surface area contributed by atoms with Crippen LogP contribution in [0.25, 0.3) is 6.08 Å².